The first-order chi connectivity index (χ1) is 11.2. The molecule has 2 bridgehead atoms. The predicted molar refractivity (Wildman–Crippen MR) is 85.6 cm³/mol. The van der Waals surface area contributed by atoms with E-state index in [1.54, 1.807) is 29.2 Å². The van der Waals surface area contributed by atoms with Crippen molar-refractivity contribution in [3.63, 3.8) is 0 Å². The van der Waals surface area contributed by atoms with E-state index in [-0.39, 0.29) is 17.6 Å². The van der Waals surface area contributed by atoms with Gasteiger partial charge < -0.3 is 14.2 Å². The molecule has 2 aliphatic heterocycles. The topological polar surface area (TPSA) is 51.5 Å². The van der Waals surface area contributed by atoms with E-state index in [0.717, 1.165) is 12.1 Å². The van der Waals surface area contributed by atoms with Crippen molar-refractivity contribution in [2.24, 2.45) is 5.92 Å². The first-order valence-corrected chi connectivity index (χ1v) is 7.92. The summed E-state index contributed by atoms with van der Waals surface area (Å²) in [5.41, 5.74) is 1.09. The van der Waals surface area contributed by atoms with Crippen LogP contribution < -0.4 is 10.3 Å². The Bertz CT molecular complexity index is 784. The van der Waals surface area contributed by atoms with Gasteiger partial charge in [-0.15, -0.1) is 0 Å². The Morgan fingerprint density at radius 1 is 1.00 bits per heavy atom. The van der Waals surface area contributed by atoms with E-state index in [0.29, 0.717) is 31.3 Å². The molecule has 1 aromatic carbocycles. The molecule has 0 N–H and O–H groups in total. The van der Waals surface area contributed by atoms with Gasteiger partial charge in [-0.3, -0.25) is 4.79 Å². The maximum Gasteiger partial charge on any atom is 0.415 e. The van der Waals surface area contributed by atoms with Crippen molar-refractivity contribution in [3.05, 3.63) is 64.6 Å². The van der Waals surface area contributed by atoms with Crippen LogP contribution in [0, 0.1) is 5.92 Å². The van der Waals surface area contributed by atoms with Crippen LogP contribution in [0.5, 0.6) is 5.75 Å². The summed E-state index contributed by atoms with van der Waals surface area (Å²) < 4.78 is 7.31. The molecule has 4 rings (SSSR count). The predicted octanol–water partition coefficient (Wildman–Crippen LogP) is 2.47. The Morgan fingerprint density at radius 2 is 1.83 bits per heavy atom. The molecule has 2 aromatic rings. The molecule has 0 aliphatic carbocycles. The van der Waals surface area contributed by atoms with Crippen molar-refractivity contribution >= 4 is 6.09 Å². The number of nitrogens with zero attached hydrogens (tertiary/aromatic N) is 2. The summed E-state index contributed by atoms with van der Waals surface area (Å²) in [7, 11) is 0. The number of pyridine rings is 1. The van der Waals surface area contributed by atoms with Gasteiger partial charge in [0.05, 0.1) is 0 Å². The van der Waals surface area contributed by atoms with Crippen molar-refractivity contribution in [2.45, 2.75) is 18.9 Å². The third-order valence-electron chi connectivity index (χ3n) is 4.69. The maximum absolute atomic E-state index is 12.4. The van der Waals surface area contributed by atoms with Crippen LogP contribution in [0.1, 0.15) is 18.0 Å². The Hall–Kier alpha value is -2.56. The highest BCUT2D eigenvalue weighted by atomic mass is 16.6. The van der Waals surface area contributed by atoms with Crippen LogP contribution in [0.25, 0.3) is 0 Å². The normalized spacial score (nSPS) is 22.3. The lowest BCUT2D eigenvalue weighted by Crippen LogP contribution is -2.49. The fourth-order valence-corrected chi connectivity index (χ4v) is 3.70. The van der Waals surface area contributed by atoms with Gasteiger partial charge >= 0.3 is 6.09 Å². The third kappa shape index (κ3) is 2.63. The molecule has 23 heavy (non-hydrogen) atoms. The van der Waals surface area contributed by atoms with Gasteiger partial charge in [0.2, 0.25) is 0 Å². The SMILES string of the molecule is O=C(Oc1ccccc1)N1CC2CC(C1)c1cccc(=O)n1C2. The van der Waals surface area contributed by atoms with Crippen LogP contribution in [0.4, 0.5) is 4.79 Å². The first-order valence-electron chi connectivity index (χ1n) is 7.92. The molecule has 5 heteroatoms. The summed E-state index contributed by atoms with van der Waals surface area (Å²) >= 11 is 0. The fraction of sp³-hybridized carbons (Fsp3) is 0.333. The number of piperidine rings is 1. The van der Waals surface area contributed by atoms with Gasteiger partial charge in [-0.05, 0) is 30.5 Å². The van der Waals surface area contributed by atoms with Gasteiger partial charge in [0.15, 0.2) is 0 Å². The molecule has 1 amide bonds. The van der Waals surface area contributed by atoms with Crippen molar-refractivity contribution in [1.29, 1.82) is 0 Å². The highest BCUT2D eigenvalue weighted by Gasteiger charge is 2.36. The number of benzene rings is 1. The molecule has 2 atom stereocenters. The number of aromatic nitrogens is 1. The number of carbonyl (C=O) groups is 1. The summed E-state index contributed by atoms with van der Waals surface area (Å²) in [6.45, 7) is 1.93. The van der Waals surface area contributed by atoms with Gasteiger partial charge in [-0.2, -0.15) is 0 Å². The molecular formula is C18H18N2O3. The monoisotopic (exact) mass is 310 g/mol. The zero-order valence-corrected chi connectivity index (χ0v) is 12.7. The number of likely N-dealkylation sites (tertiary alicyclic amines) is 1. The molecule has 1 saturated heterocycles. The molecule has 0 saturated carbocycles. The molecule has 1 fully saturated rings. The van der Waals surface area contributed by atoms with Crippen LogP contribution in [0.15, 0.2) is 53.3 Å². The minimum atomic E-state index is -0.308. The molecule has 5 nitrogen and oxygen atoms in total. The second kappa shape index (κ2) is 5.57. The number of rotatable bonds is 1. The quantitative estimate of drug-likeness (QED) is 0.813. The van der Waals surface area contributed by atoms with E-state index in [1.807, 2.05) is 28.8 Å². The standard InChI is InChI=1S/C18H18N2O3/c21-17-8-4-7-16-14-9-13(11-20(16)17)10-19(12-14)18(22)23-15-5-2-1-3-6-15/h1-8,13-14H,9-12H2. The molecule has 3 heterocycles. The van der Waals surface area contributed by atoms with E-state index >= 15 is 0 Å². The molecule has 0 radical (unpaired) electrons. The van der Waals surface area contributed by atoms with Crippen molar-refractivity contribution in [2.75, 3.05) is 13.1 Å². The average molecular weight is 310 g/mol. The Morgan fingerprint density at radius 3 is 2.65 bits per heavy atom. The molecule has 2 aliphatic rings. The Labute approximate surface area is 134 Å². The van der Waals surface area contributed by atoms with Gasteiger partial charge in [0.25, 0.3) is 5.56 Å². The van der Waals surface area contributed by atoms with Gasteiger partial charge in [0.1, 0.15) is 5.75 Å². The van der Waals surface area contributed by atoms with Crippen LogP contribution in [-0.4, -0.2) is 28.6 Å². The van der Waals surface area contributed by atoms with E-state index in [9.17, 15) is 9.59 Å². The van der Waals surface area contributed by atoms with Gasteiger partial charge in [0, 0.05) is 37.3 Å². The Balaban J connectivity index is 1.54. The van der Waals surface area contributed by atoms with Crippen molar-refractivity contribution < 1.29 is 9.53 Å². The number of ether oxygens (including phenoxy) is 1. The largest absolute Gasteiger partial charge is 0.415 e. The fourth-order valence-electron chi connectivity index (χ4n) is 3.70. The number of amides is 1. The number of para-hydroxylation sites is 1. The van der Waals surface area contributed by atoms with Gasteiger partial charge in [-0.25, -0.2) is 4.79 Å². The summed E-state index contributed by atoms with van der Waals surface area (Å²) in [5, 5.41) is 0. The average Bonchev–Trinajstić information content (AvgIpc) is 2.57. The molecular weight excluding hydrogens is 292 g/mol. The maximum atomic E-state index is 12.4. The number of hydrogen-bond donors (Lipinski definition) is 0. The van der Waals surface area contributed by atoms with E-state index in [4.69, 9.17) is 4.74 Å². The lowest BCUT2D eigenvalue weighted by molar-refractivity contribution is 0.102. The van der Waals surface area contributed by atoms with Crippen molar-refractivity contribution in [1.82, 2.24) is 9.47 Å². The molecule has 118 valence electrons. The highest BCUT2D eigenvalue weighted by molar-refractivity contribution is 5.71. The number of fused-ring (bicyclic) bond motifs is 4. The second-order valence-corrected chi connectivity index (χ2v) is 6.28. The summed E-state index contributed by atoms with van der Waals surface area (Å²) in [4.78, 5) is 26.2. The van der Waals surface area contributed by atoms with Crippen LogP contribution in [0.2, 0.25) is 0 Å². The zero-order chi connectivity index (χ0) is 15.8. The van der Waals surface area contributed by atoms with Gasteiger partial charge in [-0.1, -0.05) is 24.3 Å². The first kappa shape index (κ1) is 14.1. The van der Waals surface area contributed by atoms with Crippen molar-refractivity contribution in [3.8, 4) is 5.75 Å². The van der Waals surface area contributed by atoms with E-state index in [2.05, 4.69) is 0 Å². The Kier molecular flexibility index (Phi) is 3.41. The smallest absolute Gasteiger partial charge is 0.410 e. The molecule has 1 aromatic heterocycles. The number of carbonyl (C=O) groups excluding carboxylic acids is 1. The zero-order valence-electron chi connectivity index (χ0n) is 12.7. The van der Waals surface area contributed by atoms with E-state index < -0.39 is 0 Å². The molecule has 0 spiro atoms. The van der Waals surface area contributed by atoms with E-state index in [1.165, 1.54) is 0 Å². The lowest BCUT2D eigenvalue weighted by atomic mass is 9.83. The molecule has 2 unspecified atom stereocenters. The minimum absolute atomic E-state index is 0.0533. The van der Waals surface area contributed by atoms with Crippen LogP contribution in [0.3, 0.4) is 0 Å². The number of hydrogen-bond acceptors (Lipinski definition) is 3. The minimum Gasteiger partial charge on any atom is -0.410 e. The summed E-state index contributed by atoms with van der Waals surface area (Å²) in [6.07, 6.45) is 0.719. The van der Waals surface area contributed by atoms with Crippen LogP contribution in [-0.2, 0) is 6.54 Å². The highest BCUT2D eigenvalue weighted by Crippen LogP contribution is 2.35. The summed E-state index contributed by atoms with van der Waals surface area (Å²) in [5.74, 6) is 1.08. The van der Waals surface area contributed by atoms with Crippen LogP contribution >= 0.6 is 0 Å². The second-order valence-electron chi connectivity index (χ2n) is 6.28. The lowest BCUT2D eigenvalue weighted by Gasteiger charge is -2.42. The third-order valence-corrected chi connectivity index (χ3v) is 4.69. The summed E-state index contributed by atoms with van der Waals surface area (Å²) in [6, 6.07) is 14.5.